The molecule has 2 aromatic carbocycles. The molecule has 0 spiro atoms. The van der Waals surface area contributed by atoms with Gasteiger partial charge in [0, 0.05) is 31.3 Å². The van der Waals surface area contributed by atoms with Gasteiger partial charge in [0.1, 0.15) is 0 Å². The Balaban J connectivity index is 2.64. The van der Waals surface area contributed by atoms with Crippen LogP contribution in [0.4, 0.5) is 17.1 Å². The number of nitrogen functional groups attached to an aromatic ring is 2. The van der Waals surface area contributed by atoms with E-state index in [1.54, 1.807) is 6.07 Å². The zero-order chi connectivity index (χ0) is 12.4. The quantitative estimate of drug-likeness (QED) is 0.773. The molecule has 4 N–H and O–H groups in total. The molecule has 0 atom stereocenters. The third-order valence-electron chi connectivity index (χ3n) is 2.71. The summed E-state index contributed by atoms with van der Waals surface area (Å²) in [5.41, 5.74) is 16.1. The van der Waals surface area contributed by atoms with Crippen molar-refractivity contribution in [2.24, 2.45) is 0 Å². The van der Waals surface area contributed by atoms with E-state index in [1.807, 2.05) is 49.3 Å². The molecule has 1 radical (unpaired) electrons. The highest BCUT2D eigenvalue weighted by molar-refractivity contribution is 5.89. The molecule has 0 saturated heterocycles. The van der Waals surface area contributed by atoms with Gasteiger partial charge in [0.15, 0.2) is 0 Å². The zero-order valence-corrected chi connectivity index (χ0v) is 10.1. The molecule has 0 fully saturated rings. The molecule has 0 saturated carbocycles. The molecule has 0 aromatic heterocycles. The van der Waals surface area contributed by atoms with Crippen molar-refractivity contribution in [1.29, 1.82) is 0 Å². The molecule has 2 aromatic rings. The number of para-hydroxylation sites is 2. The summed E-state index contributed by atoms with van der Waals surface area (Å²) in [5.74, 6) is 0. The molecule has 0 amide bonds. The fraction of sp³-hybridized carbons (Fsp3) is 0.143. The molecular weight excluding hydrogens is 210 g/mol. The third-order valence-corrected chi connectivity index (χ3v) is 2.71. The SMILES string of the molecule is CN(C)c1[c]cccc1-c1cccc(N)c1N. The van der Waals surface area contributed by atoms with Gasteiger partial charge in [-0.1, -0.05) is 30.3 Å². The van der Waals surface area contributed by atoms with Crippen molar-refractivity contribution in [3.63, 3.8) is 0 Å². The molecular formula is C14H16N3. The number of benzene rings is 2. The summed E-state index contributed by atoms with van der Waals surface area (Å²) in [4.78, 5) is 2.01. The topological polar surface area (TPSA) is 55.3 Å². The Kier molecular flexibility index (Phi) is 2.91. The zero-order valence-electron chi connectivity index (χ0n) is 10.1. The van der Waals surface area contributed by atoms with Crippen molar-refractivity contribution >= 4 is 17.1 Å². The Morgan fingerprint density at radius 1 is 1.00 bits per heavy atom. The lowest BCUT2D eigenvalue weighted by Gasteiger charge is -2.18. The maximum atomic E-state index is 6.03. The number of hydrogen-bond acceptors (Lipinski definition) is 3. The summed E-state index contributed by atoms with van der Waals surface area (Å²) in [6.07, 6.45) is 0. The van der Waals surface area contributed by atoms with Crippen LogP contribution in [-0.4, -0.2) is 14.1 Å². The van der Waals surface area contributed by atoms with Gasteiger partial charge in [-0.15, -0.1) is 0 Å². The normalized spacial score (nSPS) is 10.2. The number of nitrogens with two attached hydrogens (primary N) is 2. The lowest BCUT2D eigenvalue weighted by atomic mass is 10.0. The summed E-state index contributed by atoms with van der Waals surface area (Å²) >= 11 is 0. The van der Waals surface area contributed by atoms with Crippen LogP contribution in [-0.2, 0) is 0 Å². The fourth-order valence-corrected chi connectivity index (χ4v) is 1.83. The molecule has 0 heterocycles. The molecule has 0 bridgehead atoms. The summed E-state index contributed by atoms with van der Waals surface area (Å²) in [6, 6.07) is 14.8. The Bertz CT molecular complexity index is 533. The molecule has 17 heavy (non-hydrogen) atoms. The fourth-order valence-electron chi connectivity index (χ4n) is 1.83. The monoisotopic (exact) mass is 226 g/mol. The number of anilines is 3. The highest BCUT2D eigenvalue weighted by atomic mass is 15.1. The van der Waals surface area contributed by atoms with Crippen molar-refractivity contribution in [2.45, 2.75) is 0 Å². The van der Waals surface area contributed by atoms with Crippen LogP contribution in [0.3, 0.4) is 0 Å². The van der Waals surface area contributed by atoms with Crippen molar-refractivity contribution in [1.82, 2.24) is 0 Å². The second-order valence-corrected chi connectivity index (χ2v) is 4.14. The minimum absolute atomic E-state index is 0.607. The maximum Gasteiger partial charge on any atom is 0.0628 e. The predicted molar refractivity (Wildman–Crippen MR) is 73.9 cm³/mol. The van der Waals surface area contributed by atoms with Crippen LogP contribution in [0.1, 0.15) is 0 Å². The average molecular weight is 226 g/mol. The van der Waals surface area contributed by atoms with E-state index >= 15 is 0 Å². The van der Waals surface area contributed by atoms with Crippen molar-refractivity contribution in [3.8, 4) is 11.1 Å². The van der Waals surface area contributed by atoms with Gasteiger partial charge in [0.2, 0.25) is 0 Å². The van der Waals surface area contributed by atoms with E-state index in [0.717, 1.165) is 16.8 Å². The van der Waals surface area contributed by atoms with E-state index in [0.29, 0.717) is 11.4 Å². The first-order valence-electron chi connectivity index (χ1n) is 5.43. The second kappa shape index (κ2) is 4.37. The second-order valence-electron chi connectivity index (χ2n) is 4.14. The van der Waals surface area contributed by atoms with Gasteiger partial charge >= 0.3 is 0 Å². The molecule has 0 aliphatic heterocycles. The first-order valence-corrected chi connectivity index (χ1v) is 5.43. The van der Waals surface area contributed by atoms with Crippen LogP contribution in [0.25, 0.3) is 11.1 Å². The van der Waals surface area contributed by atoms with Gasteiger partial charge in [0.05, 0.1) is 17.1 Å². The first kappa shape index (κ1) is 11.3. The van der Waals surface area contributed by atoms with Crippen LogP contribution >= 0.6 is 0 Å². The molecule has 87 valence electrons. The van der Waals surface area contributed by atoms with Crippen molar-refractivity contribution in [2.75, 3.05) is 30.5 Å². The largest absolute Gasteiger partial charge is 0.397 e. The Morgan fingerprint density at radius 2 is 1.71 bits per heavy atom. The summed E-state index contributed by atoms with van der Waals surface area (Å²) < 4.78 is 0. The van der Waals surface area contributed by atoms with Gasteiger partial charge in [0.25, 0.3) is 0 Å². The smallest absolute Gasteiger partial charge is 0.0628 e. The number of nitrogens with zero attached hydrogens (tertiary/aromatic N) is 1. The lowest BCUT2D eigenvalue weighted by Crippen LogP contribution is -2.10. The molecule has 3 nitrogen and oxygen atoms in total. The predicted octanol–water partition coefficient (Wildman–Crippen LogP) is 2.38. The Labute approximate surface area is 102 Å². The maximum absolute atomic E-state index is 6.03. The highest BCUT2D eigenvalue weighted by Crippen LogP contribution is 2.35. The molecule has 0 aliphatic carbocycles. The number of hydrogen-bond donors (Lipinski definition) is 2. The van der Waals surface area contributed by atoms with Gasteiger partial charge in [-0.25, -0.2) is 0 Å². The third kappa shape index (κ3) is 2.04. The van der Waals surface area contributed by atoms with Gasteiger partial charge in [-0.2, -0.15) is 0 Å². The Hall–Kier alpha value is -2.16. The molecule has 0 unspecified atom stereocenters. The Morgan fingerprint density at radius 3 is 2.41 bits per heavy atom. The van der Waals surface area contributed by atoms with E-state index in [9.17, 15) is 0 Å². The minimum Gasteiger partial charge on any atom is -0.397 e. The summed E-state index contributed by atoms with van der Waals surface area (Å²) in [5, 5.41) is 0. The standard InChI is InChI=1S/C14H16N3/c1-17(2)13-9-4-3-6-10(13)11-7-5-8-12(15)14(11)16/h3-8H,15-16H2,1-2H3. The van der Waals surface area contributed by atoms with Crippen LogP contribution < -0.4 is 16.4 Å². The average Bonchev–Trinajstić information content (AvgIpc) is 2.33. The molecule has 0 aliphatic rings. The summed E-state index contributed by atoms with van der Waals surface area (Å²) in [7, 11) is 3.97. The van der Waals surface area contributed by atoms with E-state index in [2.05, 4.69) is 6.07 Å². The van der Waals surface area contributed by atoms with E-state index in [4.69, 9.17) is 11.5 Å². The lowest BCUT2D eigenvalue weighted by molar-refractivity contribution is 1.13. The highest BCUT2D eigenvalue weighted by Gasteiger charge is 2.10. The van der Waals surface area contributed by atoms with Gasteiger partial charge in [-0.05, 0) is 6.07 Å². The van der Waals surface area contributed by atoms with Crippen LogP contribution in [0.2, 0.25) is 0 Å². The van der Waals surface area contributed by atoms with E-state index in [-0.39, 0.29) is 0 Å². The molecule has 3 heteroatoms. The van der Waals surface area contributed by atoms with Gasteiger partial charge in [-0.3, -0.25) is 0 Å². The van der Waals surface area contributed by atoms with E-state index < -0.39 is 0 Å². The van der Waals surface area contributed by atoms with Gasteiger partial charge < -0.3 is 16.4 Å². The first-order chi connectivity index (χ1) is 8.11. The van der Waals surface area contributed by atoms with Crippen LogP contribution in [0.15, 0.2) is 36.4 Å². The summed E-state index contributed by atoms with van der Waals surface area (Å²) in [6.45, 7) is 0. The van der Waals surface area contributed by atoms with Crippen molar-refractivity contribution in [3.05, 3.63) is 42.5 Å². The number of rotatable bonds is 2. The minimum atomic E-state index is 0.607. The van der Waals surface area contributed by atoms with E-state index in [1.165, 1.54) is 0 Å². The molecule has 2 rings (SSSR count). The van der Waals surface area contributed by atoms with Crippen molar-refractivity contribution < 1.29 is 0 Å². The van der Waals surface area contributed by atoms with Crippen LogP contribution in [0, 0.1) is 6.07 Å². The van der Waals surface area contributed by atoms with Crippen LogP contribution in [0.5, 0.6) is 0 Å².